The SMILES string of the molecule is C[C@H](c1ccccc1)N1C[C@@H](C(=O)Nc2ccccc2C(=O)NCCc2ccccc2)CC1=O. The molecule has 1 aliphatic heterocycles. The Kier molecular flexibility index (Phi) is 7.38. The average Bonchev–Trinajstić information content (AvgIpc) is 3.26. The van der Waals surface area contributed by atoms with Crippen LogP contribution >= 0.6 is 0 Å². The van der Waals surface area contributed by atoms with Crippen LogP contribution in [0.4, 0.5) is 5.69 Å². The van der Waals surface area contributed by atoms with Gasteiger partial charge in [0.15, 0.2) is 0 Å². The molecule has 0 radical (unpaired) electrons. The van der Waals surface area contributed by atoms with Gasteiger partial charge in [-0.2, -0.15) is 0 Å². The molecule has 6 nitrogen and oxygen atoms in total. The van der Waals surface area contributed by atoms with Gasteiger partial charge in [0.05, 0.1) is 23.2 Å². The van der Waals surface area contributed by atoms with Crippen molar-refractivity contribution in [1.82, 2.24) is 10.2 Å². The van der Waals surface area contributed by atoms with Crippen LogP contribution in [-0.2, 0) is 16.0 Å². The van der Waals surface area contributed by atoms with E-state index < -0.39 is 5.92 Å². The molecule has 3 aromatic carbocycles. The van der Waals surface area contributed by atoms with Crippen LogP contribution in [0.5, 0.6) is 0 Å². The lowest BCUT2D eigenvalue weighted by Crippen LogP contribution is -2.31. The Hall–Kier alpha value is -3.93. The van der Waals surface area contributed by atoms with Gasteiger partial charge in [0, 0.05) is 19.5 Å². The molecule has 1 aliphatic rings. The van der Waals surface area contributed by atoms with Crippen molar-refractivity contribution in [3.63, 3.8) is 0 Å². The molecule has 0 aromatic heterocycles. The van der Waals surface area contributed by atoms with Crippen molar-refractivity contribution in [2.45, 2.75) is 25.8 Å². The lowest BCUT2D eigenvalue weighted by atomic mass is 10.1. The summed E-state index contributed by atoms with van der Waals surface area (Å²) >= 11 is 0. The number of nitrogens with one attached hydrogen (secondary N) is 2. The van der Waals surface area contributed by atoms with Crippen LogP contribution in [0.15, 0.2) is 84.9 Å². The van der Waals surface area contributed by atoms with Crippen LogP contribution in [0.2, 0.25) is 0 Å². The molecule has 0 spiro atoms. The van der Waals surface area contributed by atoms with Crippen molar-refractivity contribution in [2.24, 2.45) is 5.92 Å². The number of benzene rings is 3. The molecule has 0 unspecified atom stereocenters. The zero-order valence-corrected chi connectivity index (χ0v) is 19.2. The smallest absolute Gasteiger partial charge is 0.253 e. The molecule has 2 N–H and O–H groups in total. The second-order valence-electron chi connectivity index (χ2n) is 8.56. The third kappa shape index (κ3) is 5.52. The minimum absolute atomic E-state index is 0.0385. The Balaban J connectivity index is 1.37. The molecule has 3 aromatic rings. The summed E-state index contributed by atoms with van der Waals surface area (Å²) in [5.74, 6) is -0.995. The number of carbonyl (C=O) groups excluding carboxylic acids is 3. The maximum Gasteiger partial charge on any atom is 0.253 e. The lowest BCUT2D eigenvalue weighted by Gasteiger charge is -2.25. The summed E-state index contributed by atoms with van der Waals surface area (Å²) < 4.78 is 0. The van der Waals surface area contributed by atoms with Crippen molar-refractivity contribution in [3.05, 3.63) is 102 Å². The summed E-state index contributed by atoms with van der Waals surface area (Å²) in [5, 5.41) is 5.81. The van der Waals surface area contributed by atoms with Gasteiger partial charge in [-0.15, -0.1) is 0 Å². The van der Waals surface area contributed by atoms with Crippen LogP contribution < -0.4 is 10.6 Å². The molecule has 174 valence electrons. The molecule has 4 rings (SSSR count). The predicted molar refractivity (Wildman–Crippen MR) is 132 cm³/mol. The molecule has 0 aliphatic carbocycles. The fourth-order valence-electron chi connectivity index (χ4n) is 4.28. The third-order valence-electron chi connectivity index (χ3n) is 6.25. The van der Waals surface area contributed by atoms with E-state index in [-0.39, 0.29) is 30.2 Å². The first kappa shape index (κ1) is 23.2. The van der Waals surface area contributed by atoms with Gasteiger partial charge < -0.3 is 15.5 Å². The van der Waals surface area contributed by atoms with E-state index in [1.54, 1.807) is 29.2 Å². The first-order valence-corrected chi connectivity index (χ1v) is 11.6. The number of anilines is 1. The molecule has 1 saturated heterocycles. The number of amides is 3. The summed E-state index contributed by atoms with van der Waals surface area (Å²) in [6.07, 6.45) is 0.884. The van der Waals surface area contributed by atoms with E-state index in [4.69, 9.17) is 0 Å². The van der Waals surface area contributed by atoms with E-state index in [9.17, 15) is 14.4 Å². The minimum atomic E-state index is -0.465. The minimum Gasteiger partial charge on any atom is -0.352 e. The van der Waals surface area contributed by atoms with E-state index in [2.05, 4.69) is 10.6 Å². The zero-order chi connectivity index (χ0) is 23.9. The number of likely N-dealkylation sites (tertiary alicyclic amines) is 1. The molecule has 1 heterocycles. The Bertz CT molecular complexity index is 1150. The fourth-order valence-corrected chi connectivity index (χ4v) is 4.28. The van der Waals surface area contributed by atoms with E-state index in [0.717, 1.165) is 17.5 Å². The van der Waals surface area contributed by atoms with Gasteiger partial charge >= 0.3 is 0 Å². The number of rotatable bonds is 8. The fraction of sp³-hybridized carbons (Fsp3) is 0.250. The molecule has 0 bridgehead atoms. The summed E-state index contributed by atoms with van der Waals surface area (Å²) in [5.41, 5.74) is 3.04. The van der Waals surface area contributed by atoms with E-state index in [0.29, 0.717) is 24.3 Å². The highest BCUT2D eigenvalue weighted by Gasteiger charge is 2.37. The molecular formula is C28H29N3O3. The largest absolute Gasteiger partial charge is 0.352 e. The summed E-state index contributed by atoms with van der Waals surface area (Å²) in [6.45, 7) is 2.82. The Morgan fingerprint density at radius 3 is 2.32 bits per heavy atom. The maximum atomic E-state index is 13.0. The number of nitrogens with zero attached hydrogens (tertiary/aromatic N) is 1. The Morgan fingerprint density at radius 1 is 0.941 bits per heavy atom. The van der Waals surface area contributed by atoms with Gasteiger partial charge in [0.25, 0.3) is 5.91 Å². The summed E-state index contributed by atoms with van der Waals surface area (Å²) in [7, 11) is 0. The Morgan fingerprint density at radius 2 is 1.59 bits per heavy atom. The van der Waals surface area contributed by atoms with Crippen molar-refractivity contribution in [1.29, 1.82) is 0 Å². The highest BCUT2D eigenvalue weighted by atomic mass is 16.2. The van der Waals surface area contributed by atoms with E-state index in [1.165, 1.54) is 0 Å². The topological polar surface area (TPSA) is 78.5 Å². The highest BCUT2D eigenvalue weighted by molar-refractivity contribution is 6.05. The van der Waals surface area contributed by atoms with Gasteiger partial charge in [-0.05, 0) is 36.6 Å². The van der Waals surface area contributed by atoms with Crippen molar-refractivity contribution >= 4 is 23.4 Å². The third-order valence-corrected chi connectivity index (χ3v) is 6.25. The maximum absolute atomic E-state index is 13.0. The molecule has 34 heavy (non-hydrogen) atoms. The van der Waals surface area contributed by atoms with Crippen molar-refractivity contribution in [3.8, 4) is 0 Å². The van der Waals surface area contributed by atoms with Crippen molar-refractivity contribution in [2.75, 3.05) is 18.4 Å². The monoisotopic (exact) mass is 455 g/mol. The number of para-hydroxylation sites is 1. The normalized spacial score (nSPS) is 16.2. The summed E-state index contributed by atoms with van der Waals surface area (Å²) in [6, 6.07) is 26.6. The van der Waals surface area contributed by atoms with Gasteiger partial charge in [-0.3, -0.25) is 14.4 Å². The quantitative estimate of drug-likeness (QED) is 0.534. The van der Waals surface area contributed by atoms with Crippen LogP contribution in [-0.4, -0.2) is 35.7 Å². The van der Waals surface area contributed by atoms with Crippen molar-refractivity contribution < 1.29 is 14.4 Å². The first-order chi connectivity index (χ1) is 16.5. The first-order valence-electron chi connectivity index (χ1n) is 11.6. The number of carbonyl (C=O) groups is 3. The number of hydrogen-bond donors (Lipinski definition) is 2. The zero-order valence-electron chi connectivity index (χ0n) is 19.2. The highest BCUT2D eigenvalue weighted by Crippen LogP contribution is 2.29. The van der Waals surface area contributed by atoms with E-state index in [1.807, 2.05) is 67.6 Å². The second-order valence-corrected chi connectivity index (χ2v) is 8.56. The molecule has 2 atom stereocenters. The van der Waals surface area contributed by atoms with Gasteiger partial charge in [0.2, 0.25) is 11.8 Å². The van der Waals surface area contributed by atoms with Crippen LogP contribution in [0.25, 0.3) is 0 Å². The molecule has 6 heteroatoms. The molecular weight excluding hydrogens is 426 g/mol. The Labute approximate surface area is 200 Å². The van der Waals surface area contributed by atoms with Gasteiger partial charge in [-0.1, -0.05) is 72.8 Å². The van der Waals surface area contributed by atoms with Crippen LogP contribution in [0, 0.1) is 5.92 Å². The molecule has 0 saturated carbocycles. The van der Waals surface area contributed by atoms with Gasteiger partial charge in [0.1, 0.15) is 0 Å². The van der Waals surface area contributed by atoms with Gasteiger partial charge in [-0.25, -0.2) is 0 Å². The van der Waals surface area contributed by atoms with E-state index >= 15 is 0 Å². The summed E-state index contributed by atoms with van der Waals surface area (Å²) in [4.78, 5) is 40.2. The number of hydrogen-bond acceptors (Lipinski definition) is 3. The standard InChI is InChI=1S/C28H29N3O3/c1-20(22-12-6-3-7-13-22)31-19-23(18-26(31)32)27(33)30-25-15-9-8-14-24(25)28(34)29-17-16-21-10-4-2-5-11-21/h2-15,20,23H,16-19H2,1H3,(H,29,34)(H,30,33)/t20-,23+/m1/s1. The lowest BCUT2D eigenvalue weighted by molar-refractivity contribution is -0.129. The second kappa shape index (κ2) is 10.8. The molecule has 3 amide bonds. The van der Waals surface area contributed by atoms with Crippen LogP contribution in [0.3, 0.4) is 0 Å². The molecule has 1 fully saturated rings. The van der Waals surface area contributed by atoms with Crippen LogP contribution in [0.1, 0.15) is 40.9 Å². The predicted octanol–water partition coefficient (Wildman–Crippen LogP) is 4.21. The average molecular weight is 456 g/mol.